The average molecular weight is 192 g/mol. The van der Waals surface area contributed by atoms with Crippen molar-refractivity contribution in [2.24, 2.45) is 7.05 Å². The van der Waals surface area contributed by atoms with Gasteiger partial charge < -0.3 is 4.57 Å². The number of nitrogens with zero attached hydrogens (tertiary/aromatic N) is 3. The summed E-state index contributed by atoms with van der Waals surface area (Å²) in [5.41, 5.74) is 1.56. The van der Waals surface area contributed by atoms with Crippen LogP contribution in [0, 0.1) is 11.3 Å². The van der Waals surface area contributed by atoms with Gasteiger partial charge in [-0.25, -0.2) is 4.98 Å². The highest BCUT2D eigenvalue weighted by Gasteiger charge is 2.08. The second-order valence-electron chi connectivity index (χ2n) is 2.71. The van der Waals surface area contributed by atoms with Crippen molar-refractivity contribution in [1.82, 2.24) is 9.55 Å². The molecule has 2 rings (SSSR count). The zero-order valence-corrected chi connectivity index (χ0v) is 7.71. The van der Waals surface area contributed by atoms with E-state index in [1.165, 1.54) is 0 Å². The van der Waals surface area contributed by atoms with Crippen molar-refractivity contribution in [1.29, 1.82) is 5.26 Å². The summed E-state index contributed by atoms with van der Waals surface area (Å²) >= 11 is 5.96. The minimum absolute atomic E-state index is 0.378. The van der Waals surface area contributed by atoms with Crippen LogP contribution in [0.4, 0.5) is 0 Å². The van der Waals surface area contributed by atoms with Crippen molar-refractivity contribution < 1.29 is 0 Å². The number of rotatable bonds is 0. The molecule has 64 valence electrons. The second kappa shape index (κ2) is 2.75. The Morgan fingerprint density at radius 3 is 2.92 bits per heavy atom. The summed E-state index contributed by atoms with van der Waals surface area (Å²) in [6, 6.07) is 7.44. The van der Waals surface area contributed by atoms with Crippen LogP contribution in [-0.4, -0.2) is 9.55 Å². The van der Waals surface area contributed by atoms with Gasteiger partial charge in [-0.3, -0.25) is 0 Å². The van der Waals surface area contributed by atoms with E-state index in [4.69, 9.17) is 16.9 Å². The number of hydrogen-bond donors (Lipinski definition) is 0. The number of imidazole rings is 1. The molecule has 2 aromatic rings. The Labute approximate surface area is 80.2 Å². The number of fused-ring (bicyclic) bond motifs is 1. The summed E-state index contributed by atoms with van der Waals surface area (Å²) in [5, 5.41) is 9.35. The molecule has 0 N–H and O–H groups in total. The van der Waals surface area contributed by atoms with E-state index in [-0.39, 0.29) is 0 Å². The number of hydrogen-bond acceptors (Lipinski definition) is 2. The van der Waals surface area contributed by atoms with Crippen LogP contribution in [0.5, 0.6) is 0 Å². The third kappa shape index (κ3) is 1.07. The SMILES string of the molecule is Cn1c(C#N)nc2cccc(Cl)c21. The number of nitriles is 1. The lowest BCUT2D eigenvalue weighted by Crippen LogP contribution is -1.91. The fourth-order valence-corrected chi connectivity index (χ4v) is 1.62. The fraction of sp³-hybridized carbons (Fsp3) is 0.111. The molecule has 1 aromatic carbocycles. The maximum absolute atomic E-state index is 8.73. The van der Waals surface area contributed by atoms with Gasteiger partial charge >= 0.3 is 0 Å². The molecule has 0 unspecified atom stereocenters. The van der Waals surface area contributed by atoms with Crippen LogP contribution < -0.4 is 0 Å². The van der Waals surface area contributed by atoms with Gasteiger partial charge in [0.05, 0.1) is 16.1 Å². The maximum Gasteiger partial charge on any atom is 0.213 e. The predicted molar refractivity (Wildman–Crippen MR) is 50.4 cm³/mol. The molecular formula is C9H6ClN3. The highest BCUT2D eigenvalue weighted by Crippen LogP contribution is 2.22. The number of aryl methyl sites for hydroxylation is 1. The fourth-order valence-electron chi connectivity index (χ4n) is 1.32. The summed E-state index contributed by atoms with van der Waals surface area (Å²) < 4.78 is 1.69. The lowest BCUT2D eigenvalue weighted by atomic mass is 10.3. The monoisotopic (exact) mass is 191 g/mol. The molecule has 0 atom stereocenters. The highest BCUT2D eigenvalue weighted by atomic mass is 35.5. The summed E-state index contributed by atoms with van der Waals surface area (Å²) in [5.74, 6) is 0.378. The minimum atomic E-state index is 0.378. The first-order chi connectivity index (χ1) is 6.24. The van der Waals surface area contributed by atoms with Crippen LogP contribution >= 0.6 is 11.6 Å². The van der Waals surface area contributed by atoms with E-state index in [2.05, 4.69) is 4.98 Å². The van der Waals surface area contributed by atoms with Crippen molar-refractivity contribution in [3.05, 3.63) is 29.0 Å². The molecule has 0 saturated heterocycles. The van der Waals surface area contributed by atoms with E-state index in [9.17, 15) is 0 Å². The molecule has 0 fully saturated rings. The second-order valence-corrected chi connectivity index (χ2v) is 3.12. The van der Waals surface area contributed by atoms with Gasteiger partial charge in [0.2, 0.25) is 5.82 Å². The van der Waals surface area contributed by atoms with Gasteiger partial charge in [-0.2, -0.15) is 5.26 Å². The lowest BCUT2D eigenvalue weighted by Gasteiger charge is -1.96. The van der Waals surface area contributed by atoms with Crippen LogP contribution in [0.3, 0.4) is 0 Å². The quantitative estimate of drug-likeness (QED) is 0.640. The summed E-state index contributed by atoms with van der Waals surface area (Å²) in [6.07, 6.45) is 0. The van der Waals surface area contributed by atoms with Gasteiger partial charge in [-0.1, -0.05) is 17.7 Å². The standard InChI is InChI=1S/C9H6ClN3/c1-13-8(5-11)12-7-4-2-3-6(10)9(7)13/h2-4H,1H3. The summed E-state index contributed by atoms with van der Waals surface area (Å²) in [4.78, 5) is 4.11. The van der Waals surface area contributed by atoms with Crippen molar-refractivity contribution >= 4 is 22.6 Å². The topological polar surface area (TPSA) is 41.6 Å². The van der Waals surface area contributed by atoms with Crippen LogP contribution in [-0.2, 0) is 7.05 Å². The molecule has 0 aliphatic heterocycles. The summed E-state index contributed by atoms with van der Waals surface area (Å²) in [6.45, 7) is 0. The molecule has 0 radical (unpaired) electrons. The Balaban J connectivity index is 2.95. The van der Waals surface area contributed by atoms with Gasteiger partial charge in [0.25, 0.3) is 0 Å². The van der Waals surface area contributed by atoms with Crippen LogP contribution in [0.1, 0.15) is 5.82 Å². The normalized spacial score (nSPS) is 10.2. The van der Waals surface area contributed by atoms with Crippen molar-refractivity contribution in [2.45, 2.75) is 0 Å². The molecule has 1 heterocycles. The number of aromatic nitrogens is 2. The molecule has 0 spiro atoms. The van der Waals surface area contributed by atoms with Crippen molar-refractivity contribution in [3.63, 3.8) is 0 Å². The van der Waals surface area contributed by atoms with Crippen molar-refractivity contribution in [3.8, 4) is 6.07 Å². The Morgan fingerprint density at radius 1 is 1.54 bits per heavy atom. The molecule has 0 saturated carbocycles. The Hall–Kier alpha value is -1.53. The molecule has 4 heteroatoms. The molecule has 1 aromatic heterocycles. The molecular weight excluding hydrogens is 186 g/mol. The van der Waals surface area contributed by atoms with Crippen molar-refractivity contribution in [2.75, 3.05) is 0 Å². The van der Waals surface area contributed by atoms with E-state index in [1.807, 2.05) is 18.2 Å². The largest absolute Gasteiger partial charge is 0.317 e. The summed E-state index contributed by atoms with van der Waals surface area (Å²) in [7, 11) is 1.78. The molecule has 13 heavy (non-hydrogen) atoms. The number of benzene rings is 1. The maximum atomic E-state index is 8.73. The Kier molecular flexibility index (Phi) is 1.71. The van der Waals surface area contributed by atoms with Crippen LogP contribution in [0.2, 0.25) is 5.02 Å². The minimum Gasteiger partial charge on any atom is -0.317 e. The van der Waals surface area contributed by atoms with E-state index in [1.54, 1.807) is 17.7 Å². The zero-order chi connectivity index (χ0) is 9.42. The third-order valence-electron chi connectivity index (χ3n) is 1.94. The molecule has 3 nitrogen and oxygen atoms in total. The van der Waals surface area contributed by atoms with E-state index >= 15 is 0 Å². The first-order valence-corrected chi connectivity index (χ1v) is 4.13. The van der Waals surface area contributed by atoms with Gasteiger partial charge in [-0.15, -0.1) is 0 Å². The van der Waals surface area contributed by atoms with E-state index in [0.29, 0.717) is 10.8 Å². The zero-order valence-electron chi connectivity index (χ0n) is 6.95. The number of para-hydroxylation sites is 1. The molecule has 0 aliphatic rings. The van der Waals surface area contributed by atoms with Gasteiger partial charge in [0.1, 0.15) is 6.07 Å². The Bertz CT molecular complexity index is 507. The predicted octanol–water partition coefficient (Wildman–Crippen LogP) is 2.10. The highest BCUT2D eigenvalue weighted by molar-refractivity contribution is 6.35. The first-order valence-electron chi connectivity index (χ1n) is 3.75. The van der Waals surface area contributed by atoms with E-state index in [0.717, 1.165) is 11.0 Å². The Morgan fingerprint density at radius 2 is 2.31 bits per heavy atom. The lowest BCUT2D eigenvalue weighted by molar-refractivity contribution is 0.921. The van der Waals surface area contributed by atoms with Gasteiger partial charge in [0.15, 0.2) is 0 Å². The van der Waals surface area contributed by atoms with Crippen LogP contribution in [0.25, 0.3) is 11.0 Å². The average Bonchev–Trinajstić information content (AvgIpc) is 2.44. The smallest absolute Gasteiger partial charge is 0.213 e. The van der Waals surface area contributed by atoms with E-state index < -0.39 is 0 Å². The van der Waals surface area contributed by atoms with Crippen LogP contribution in [0.15, 0.2) is 18.2 Å². The first kappa shape index (κ1) is 8.09. The molecule has 0 amide bonds. The molecule has 0 bridgehead atoms. The number of halogens is 1. The van der Waals surface area contributed by atoms with Gasteiger partial charge in [0, 0.05) is 7.05 Å². The molecule has 0 aliphatic carbocycles. The van der Waals surface area contributed by atoms with Gasteiger partial charge in [-0.05, 0) is 12.1 Å². The third-order valence-corrected chi connectivity index (χ3v) is 2.25.